The maximum Gasteiger partial charge on any atom is 0.255 e. The number of furan rings is 1. The summed E-state index contributed by atoms with van der Waals surface area (Å²) in [6, 6.07) is 15.7. The van der Waals surface area contributed by atoms with Crippen LogP contribution in [0.4, 0.5) is 11.6 Å². The van der Waals surface area contributed by atoms with Crippen molar-refractivity contribution in [1.29, 1.82) is 0 Å². The highest BCUT2D eigenvalue weighted by molar-refractivity contribution is 6.07. The quantitative estimate of drug-likeness (QED) is 0.322. The zero-order valence-electron chi connectivity index (χ0n) is 21.6. The first-order valence-corrected chi connectivity index (χ1v) is 13.1. The number of hydrogen-bond donors (Lipinski definition) is 2. The lowest BCUT2D eigenvalue weighted by molar-refractivity contribution is 0.0963. The number of rotatable bonds is 8. The number of anilines is 2. The Morgan fingerprint density at radius 1 is 1.11 bits per heavy atom. The van der Waals surface area contributed by atoms with Gasteiger partial charge in [0.05, 0.1) is 5.56 Å². The topological polar surface area (TPSA) is 102 Å². The molecule has 196 valence electrons. The number of nitrogens with zero attached hydrogens (tertiary/aromatic N) is 3. The fraction of sp³-hybridized carbons (Fsp3) is 0.345. The highest BCUT2D eigenvalue weighted by atomic mass is 16.5. The Morgan fingerprint density at radius 2 is 2.00 bits per heavy atom. The van der Waals surface area contributed by atoms with Gasteiger partial charge in [0.2, 0.25) is 11.8 Å². The number of carbonyl (C=O) groups is 1. The van der Waals surface area contributed by atoms with Crippen LogP contribution in [-0.2, 0) is 0 Å². The molecule has 1 atom stereocenters. The van der Waals surface area contributed by atoms with E-state index in [4.69, 9.17) is 13.9 Å². The van der Waals surface area contributed by atoms with Crippen LogP contribution >= 0.6 is 0 Å². The van der Waals surface area contributed by atoms with Crippen molar-refractivity contribution in [3.05, 3.63) is 66.1 Å². The monoisotopic (exact) mass is 513 g/mol. The van der Waals surface area contributed by atoms with Crippen molar-refractivity contribution in [2.75, 3.05) is 25.5 Å². The molecule has 2 aromatic carbocycles. The molecule has 1 amide bonds. The second-order valence-electron chi connectivity index (χ2n) is 9.85. The number of amides is 1. The number of hydrogen-bond acceptors (Lipinski definition) is 8. The first-order valence-electron chi connectivity index (χ1n) is 13.1. The number of nitrogens with one attached hydrogen (secondary N) is 2. The van der Waals surface area contributed by atoms with E-state index >= 15 is 0 Å². The van der Waals surface area contributed by atoms with Gasteiger partial charge in [-0.3, -0.25) is 9.69 Å². The number of aromatic nitrogens is 2. The first kappa shape index (κ1) is 24.2. The second-order valence-corrected chi connectivity index (χ2v) is 9.85. The molecule has 2 aromatic heterocycles. The molecule has 1 saturated heterocycles. The summed E-state index contributed by atoms with van der Waals surface area (Å²) in [5, 5.41) is 6.62. The van der Waals surface area contributed by atoms with Gasteiger partial charge in [-0.2, -0.15) is 4.98 Å². The van der Waals surface area contributed by atoms with Gasteiger partial charge in [-0.25, -0.2) is 4.98 Å². The number of carbonyl (C=O) groups excluding carboxylic acids is 1. The largest absolute Gasteiger partial charge is 0.489 e. The summed E-state index contributed by atoms with van der Waals surface area (Å²) in [5.41, 5.74) is 1.93. The lowest BCUT2D eigenvalue weighted by Crippen LogP contribution is -2.39. The van der Waals surface area contributed by atoms with Gasteiger partial charge in [-0.05, 0) is 50.5 Å². The minimum atomic E-state index is -0.185. The standard InChI is InChI=1S/C29H31N5O4/c1-18-27(28(35)30-2)24-10-9-22(16-25(24)36-18)38-26-11-13-31-29(33-26)32-19-5-3-8-21(15-19)37-23-12-14-34(17-23)20-6-4-7-20/h3,5,8-11,13,15-16,20,23H,4,6-7,12,14,17H2,1-2H3,(H,30,35)(H,31,32,33). The fourth-order valence-corrected chi connectivity index (χ4v) is 5.15. The number of fused-ring (bicyclic) bond motifs is 1. The van der Waals surface area contributed by atoms with E-state index in [0.29, 0.717) is 34.5 Å². The van der Waals surface area contributed by atoms with E-state index in [-0.39, 0.29) is 12.0 Å². The summed E-state index contributed by atoms with van der Waals surface area (Å²) in [5.74, 6) is 2.54. The molecule has 1 aliphatic carbocycles. The summed E-state index contributed by atoms with van der Waals surface area (Å²) >= 11 is 0. The normalized spacial score (nSPS) is 17.8. The predicted molar refractivity (Wildman–Crippen MR) is 144 cm³/mol. The van der Waals surface area contributed by atoms with Crippen LogP contribution in [0.3, 0.4) is 0 Å². The molecule has 2 N–H and O–H groups in total. The lowest BCUT2D eigenvalue weighted by atomic mass is 9.92. The van der Waals surface area contributed by atoms with Crippen molar-refractivity contribution in [2.24, 2.45) is 0 Å². The molecule has 0 radical (unpaired) electrons. The summed E-state index contributed by atoms with van der Waals surface area (Å²) in [7, 11) is 1.60. The van der Waals surface area contributed by atoms with Crippen LogP contribution in [0.25, 0.3) is 11.0 Å². The third kappa shape index (κ3) is 5.02. The molecular formula is C29H31N5O4. The summed E-state index contributed by atoms with van der Waals surface area (Å²) in [6.45, 7) is 3.89. The van der Waals surface area contributed by atoms with Crippen LogP contribution in [0.5, 0.6) is 17.4 Å². The van der Waals surface area contributed by atoms with Gasteiger partial charge >= 0.3 is 0 Å². The Hall–Kier alpha value is -4.11. The average molecular weight is 514 g/mol. The Bertz CT molecular complexity index is 1460. The van der Waals surface area contributed by atoms with Crippen molar-refractivity contribution < 1.29 is 18.7 Å². The van der Waals surface area contributed by atoms with Gasteiger partial charge in [0.25, 0.3) is 5.91 Å². The summed E-state index contributed by atoms with van der Waals surface area (Å²) in [6.07, 6.45) is 6.93. The van der Waals surface area contributed by atoms with E-state index in [1.165, 1.54) is 19.3 Å². The van der Waals surface area contributed by atoms with Crippen LogP contribution in [-0.4, -0.2) is 53.1 Å². The summed E-state index contributed by atoms with van der Waals surface area (Å²) in [4.78, 5) is 23.6. The number of aryl methyl sites for hydroxylation is 1. The van der Waals surface area contributed by atoms with E-state index in [0.717, 1.165) is 42.4 Å². The molecular weight excluding hydrogens is 482 g/mol. The number of likely N-dealkylation sites (tertiary alicyclic amines) is 1. The maximum atomic E-state index is 12.2. The molecule has 3 heterocycles. The third-order valence-electron chi connectivity index (χ3n) is 7.30. The van der Waals surface area contributed by atoms with Gasteiger partial charge in [-0.15, -0.1) is 0 Å². The molecule has 1 aliphatic heterocycles. The van der Waals surface area contributed by atoms with Gasteiger partial charge in [0, 0.05) is 61.6 Å². The van der Waals surface area contributed by atoms with E-state index < -0.39 is 0 Å². The molecule has 0 bridgehead atoms. The Kier molecular flexibility index (Phi) is 6.59. The Morgan fingerprint density at radius 3 is 2.82 bits per heavy atom. The van der Waals surface area contributed by atoms with Crippen molar-refractivity contribution in [3.8, 4) is 17.4 Å². The minimum absolute atomic E-state index is 0.185. The van der Waals surface area contributed by atoms with Crippen LogP contribution in [0.15, 0.2) is 59.1 Å². The lowest BCUT2D eigenvalue weighted by Gasteiger charge is -2.34. The Balaban J connectivity index is 1.12. The molecule has 1 unspecified atom stereocenters. The highest BCUT2D eigenvalue weighted by Gasteiger charge is 2.32. The fourth-order valence-electron chi connectivity index (χ4n) is 5.15. The molecule has 9 heteroatoms. The highest BCUT2D eigenvalue weighted by Crippen LogP contribution is 2.32. The van der Waals surface area contributed by atoms with E-state index in [2.05, 4.69) is 25.5 Å². The first-order chi connectivity index (χ1) is 18.6. The third-order valence-corrected chi connectivity index (χ3v) is 7.30. The molecule has 6 rings (SSSR count). The minimum Gasteiger partial charge on any atom is -0.489 e. The molecule has 9 nitrogen and oxygen atoms in total. The molecule has 0 spiro atoms. The zero-order valence-corrected chi connectivity index (χ0v) is 21.6. The smallest absolute Gasteiger partial charge is 0.255 e. The number of ether oxygens (including phenoxy) is 2. The molecule has 38 heavy (non-hydrogen) atoms. The SMILES string of the molecule is CNC(=O)c1c(C)oc2cc(Oc3ccnc(Nc4cccc(OC5CCN(C6CCC6)C5)c4)n3)ccc12. The van der Waals surface area contributed by atoms with Crippen LogP contribution < -0.4 is 20.1 Å². The Labute approximate surface area is 221 Å². The van der Waals surface area contributed by atoms with Crippen LogP contribution in [0.1, 0.15) is 41.8 Å². The van der Waals surface area contributed by atoms with Crippen molar-refractivity contribution in [3.63, 3.8) is 0 Å². The summed E-state index contributed by atoms with van der Waals surface area (Å²) < 4.78 is 18.1. The second kappa shape index (κ2) is 10.3. The van der Waals surface area contributed by atoms with Gasteiger partial charge < -0.3 is 24.5 Å². The molecule has 2 aliphatic rings. The average Bonchev–Trinajstić information content (AvgIpc) is 3.45. The van der Waals surface area contributed by atoms with Gasteiger partial charge in [-0.1, -0.05) is 12.5 Å². The van der Waals surface area contributed by atoms with Gasteiger partial charge in [0.1, 0.15) is 28.9 Å². The van der Waals surface area contributed by atoms with Gasteiger partial charge in [0.15, 0.2) is 0 Å². The maximum absolute atomic E-state index is 12.2. The number of benzene rings is 2. The molecule has 2 fully saturated rings. The van der Waals surface area contributed by atoms with E-state index in [9.17, 15) is 4.79 Å². The van der Waals surface area contributed by atoms with Crippen LogP contribution in [0.2, 0.25) is 0 Å². The van der Waals surface area contributed by atoms with E-state index in [1.54, 1.807) is 38.4 Å². The van der Waals surface area contributed by atoms with Crippen molar-refractivity contribution in [1.82, 2.24) is 20.2 Å². The molecule has 4 aromatic rings. The zero-order chi connectivity index (χ0) is 26.1. The molecule has 1 saturated carbocycles. The van der Waals surface area contributed by atoms with E-state index in [1.807, 2.05) is 30.3 Å². The van der Waals surface area contributed by atoms with Crippen molar-refractivity contribution in [2.45, 2.75) is 44.8 Å². The van der Waals surface area contributed by atoms with Crippen LogP contribution in [0, 0.1) is 6.92 Å². The predicted octanol–water partition coefficient (Wildman–Crippen LogP) is 5.43. The van der Waals surface area contributed by atoms with Crippen molar-refractivity contribution >= 4 is 28.5 Å².